The summed E-state index contributed by atoms with van der Waals surface area (Å²) in [5.41, 5.74) is 4.07. The van der Waals surface area contributed by atoms with Gasteiger partial charge in [-0.15, -0.1) is 0 Å². The maximum absolute atomic E-state index is 13.7. The summed E-state index contributed by atoms with van der Waals surface area (Å²) in [6.45, 7) is 0. The highest BCUT2D eigenvalue weighted by atomic mass is 19.4. The van der Waals surface area contributed by atoms with Gasteiger partial charge in [0, 0.05) is 5.56 Å². The minimum atomic E-state index is -4.52. The number of nitrogens with zero attached hydrogens (tertiary/aromatic N) is 2. The van der Waals surface area contributed by atoms with E-state index in [9.17, 15) is 13.2 Å². The second kappa shape index (κ2) is 5.72. The maximum atomic E-state index is 13.7. The lowest BCUT2D eigenvalue weighted by molar-refractivity contribution is -0.141. The average molecular weight is 400 g/mol. The van der Waals surface area contributed by atoms with Gasteiger partial charge in [-0.1, -0.05) is 84.9 Å². The van der Waals surface area contributed by atoms with Crippen LogP contribution in [0, 0.1) is 0 Å². The van der Waals surface area contributed by atoms with E-state index in [1.54, 1.807) is 4.68 Å². The molecule has 2 heterocycles. The molecule has 2 aliphatic rings. The van der Waals surface area contributed by atoms with Gasteiger partial charge in [-0.2, -0.15) is 18.3 Å². The monoisotopic (exact) mass is 400 g/mol. The van der Waals surface area contributed by atoms with Crippen molar-refractivity contribution in [3.8, 4) is 11.3 Å². The van der Waals surface area contributed by atoms with Gasteiger partial charge in [-0.3, -0.25) is 0 Å². The zero-order valence-electron chi connectivity index (χ0n) is 15.7. The fraction of sp³-hybridized carbons (Fsp3) is 0.0800. The van der Waals surface area contributed by atoms with Crippen LogP contribution >= 0.6 is 0 Å². The highest BCUT2D eigenvalue weighted by Crippen LogP contribution is 2.54. The molecule has 0 bridgehead atoms. The first-order valence-electron chi connectivity index (χ1n) is 9.66. The SMILES string of the molecule is FC(F)(F)c1cc2n(n1)C1(c3ccccc3C=Cc3ccccc31)c1ccccc1-2. The van der Waals surface area contributed by atoms with E-state index < -0.39 is 17.4 Å². The lowest BCUT2D eigenvalue weighted by Crippen LogP contribution is -2.37. The first-order chi connectivity index (χ1) is 14.5. The minimum absolute atomic E-state index is 0.476. The Bertz CT molecular complexity index is 1300. The number of benzene rings is 3. The molecule has 30 heavy (non-hydrogen) atoms. The molecule has 0 amide bonds. The third kappa shape index (κ3) is 2.07. The van der Waals surface area contributed by atoms with Crippen LogP contribution in [0.3, 0.4) is 0 Å². The number of fused-ring (bicyclic) bond motifs is 9. The van der Waals surface area contributed by atoms with Crippen molar-refractivity contribution in [1.82, 2.24) is 9.78 Å². The van der Waals surface area contributed by atoms with Gasteiger partial charge in [0.15, 0.2) is 5.69 Å². The lowest BCUT2D eigenvalue weighted by Gasteiger charge is -2.34. The molecule has 4 aromatic rings. The first kappa shape index (κ1) is 17.3. The topological polar surface area (TPSA) is 17.8 Å². The number of halogens is 3. The summed E-state index contributed by atoms with van der Waals surface area (Å²) in [5, 5.41) is 4.16. The van der Waals surface area contributed by atoms with Gasteiger partial charge in [-0.25, -0.2) is 4.68 Å². The van der Waals surface area contributed by atoms with Crippen LogP contribution in [0.1, 0.15) is 33.5 Å². The summed E-state index contributed by atoms with van der Waals surface area (Å²) >= 11 is 0. The molecule has 0 saturated heterocycles. The Hall–Kier alpha value is -3.60. The van der Waals surface area contributed by atoms with E-state index in [2.05, 4.69) is 5.10 Å². The number of rotatable bonds is 0. The predicted octanol–water partition coefficient (Wildman–Crippen LogP) is 6.21. The zero-order chi connectivity index (χ0) is 20.5. The average Bonchev–Trinajstić information content (AvgIpc) is 3.26. The molecule has 1 aliphatic carbocycles. The fourth-order valence-corrected chi connectivity index (χ4v) is 4.89. The molecule has 0 atom stereocenters. The maximum Gasteiger partial charge on any atom is 0.435 e. The number of hydrogen-bond donors (Lipinski definition) is 0. The molecule has 0 radical (unpaired) electrons. The van der Waals surface area contributed by atoms with Gasteiger partial charge in [0.1, 0.15) is 5.54 Å². The van der Waals surface area contributed by atoms with Crippen LogP contribution in [0.5, 0.6) is 0 Å². The number of alkyl halides is 3. The van der Waals surface area contributed by atoms with Crippen LogP contribution in [0.25, 0.3) is 23.4 Å². The van der Waals surface area contributed by atoms with E-state index in [4.69, 9.17) is 0 Å². The zero-order valence-corrected chi connectivity index (χ0v) is 15.7. The van der Waals surface area contributed by atoms with E-state index in [-0.39, 0.29) is 0 Å². The lowest BCUT2D eigenvalue weighted by atomic mass is 9.75. The second-order valence-electron chi connectivity index (χ2n) is 7.59. The van der Waals surface area contributed by atoms with E-state index in [0.717, 1.165) is 39.4 Å². The normalized spacial score (nSPS) is 15.3. The van der Waals surface area contributed by atoms with E-state index in [1.165, 1.54) is 0 Å². The molecule has 146 valence electrons. The molecular weight excluding hydrogens is 385 g/mol. The molecule has 1 spiro atoms. The van der Waals surface area contributed by atoms with Crippen LogP contribution in [0.15, 0.2) is 78.9 Å². The van der Waals surface area contributed by atoms with Gasteiger partial charge in [0.05, 0.1) is 5.69 Å². The predicted molar refractivity (Wildman–Crippen MR) is 110 cm³/mol. The molecule has 5 heteroatoms. The Balaban J connectivity index is 1.83. The van der Waals surface area contributed by atoms with Crippen LogP contribution < -0.4 is 0 Å². The third-order valence-corrected chi connectivity index (χ3v) is 6.05. The van der Waals surface area contributed by atoms with Gasteiger partial charge in [0.2, 0.25) is 0 Å². The van der Waals surface area contributed by atoms with Crippen molar-refractivity contribution >= 4 is 12.2 Å². The molecule has 3 aromatic carbocycles. The molecule has 1 aromatic heterocycles. The largest absolute Gasteiger partial charge is 0.435 e. The summed E-state index contributed by atoms with van der Waals surface area (Å²) in [5.74, 6) is 0. The Morgan fingerprint density at radius 1 is 0.700 bits per heavy atom. The molecule has 2 nitrogen and oxygen atoms in total. The van der Waals surface area contributed by atoms with Crippen LogP contribution in [0.4, 0.5) is 13.2 Å². The van der Waals surface area contributed by atoms with E-state index in [0.29, 0.717) is 5.69 Å². The third-order valence-electron chi connectivity index (χ3n) is 6.05. The minimum Gasteiger partial charge on any atom is -0.245 e. The van der Waals surface area contributed by atoms with E-state index in [1.807, 2.05) is 84.9 Å². The van der Waals surface area contributed by atoms with Crippen molar-refractivity contribution in [2.24, 2.45) is 0 Å². The highest BCUT2D eigenvalue weighted by molar-refractivity contribution is 5.84. The van der Waals surface area contributed by atoms with Crippen LogP contribution in [-0.2, 0) is 11.7 Å². The Morgan fingerprint density at radius 3 is 1.83 bits per heavy atom. The van der Waals surface area contributed by atoms with E-state index >= 15 is 0 Å². The smallest absolute Gasteiger partial charge is 0.245 e. The highest BCUT2D eigenvalue weighted by Gasteiger charge is 2.51. The Labute approximate surface area is 170 Å². The van der Waals surface area contributed by atoms with Crippen LogP contribution in [-0.4, -0.2) is 9.78 Å². The molecule has 0 saturated carbocycles. The second-order valence-corrected chi connectivity index (χ2v) is 7.59. The number of hydrogen-bond acceptors (Lipinski definition) is 1. The summed E-state index contributed by atoms with van der Waals surface area (Å²) in [6.07, 6.45) is -0.467. The van der Waals surface area contributed by atoms with Crippen molar-refractivity contribution in [3.63, 3.8) is 0 Å². The van der Waals surface area contributed by atoms with Crippen molar-refractivity contribution in [1.29, 1.82) is 0 Å². The van der Waals surface area contributed by atoms with Gasteiger partial charge in [-0.05, 0) is 33.9 Å². The molecule has 0 unspecified atom stereocenters. The molecule has 0 fully saturated rings. The summed E-state index contributed by atoms with van der Waals surface area (Å²) < 4.78 is 42.5. The molecule has 6 rings (SSSR count). The molecule has 1 aliphatic heterocycles. The Kier molecular flexibility index (Phi) is 3.30. The number of aromatic nitrogens is 2. The van der Waals surface area contributed by atoms with Crippen LogP contribution in [0.2, 0.25) is 0 Å². The van der Waals surface area contributed by atoms with Crippen molar-refractivity contribution in [2.45, 2.75) is 11.7 Å². The van der Waals surface area contributed by atoms with Crippen molar-refractivity contribution < 1.29 is 13.2 Å². The quantitative estimate of drug-likeness (QED) is 0.297. The standard InChI is InChI=1S/C25H15F3N2/c26-25(27,28)23-15-22-18-9-3-6-12-21(18)24(30(22)29-23)19-10-4-1-7-16(19)13-14-17-8-2-5-11-20(17)24/h1-15H. The summed E-state index contributed by atoms with van der Waals surface area (Å²) in [7, 11) is 0. The molecular formula is C25H15F3N2. The van der Waals surface area contributed by atoms with Gasteiger partial charge >= 0.3 is 6.18 Å². The molecule has 0 N–H and O–H groups in total. The summed E-state index contributed by atoms with van der Waals surface area (Å²) in [6, 6.07) is 24.5. The first-order valence-corrected chi connectivity index (χ1v) is 9.66. The fourth-order valence-electron chi connectivity index (χ4n) is 4.89. The van der Waals surface area contributed by atoms with Gasteiger partial charge in [0.25, 0.3) is 0 Å². The van der Waals surface area contributed by atoms with Gasteiger partial charge < -0.3 is 0 Å². The van der Waals surface area contributed by atoms with Crippen molar-refractivity contribution in [2.75, 3.05) is 0 Å². The van der Waals surface area contributed by atoms with Crippen molar-refractivity contribution in [3.05, 3.63) is 112 Å². The summed E-state index contributed by atoms with van der Waals surface area (Å²) in [4.78, 5) is 0. The Morgan fingerprint density at radius 2 is 1.23 bits per heavy atom.